The van der Waals surface area contributed by atoms with Crippen LogP contribution in [0.25, 0.3) is 11.3 Å². The molecule has 29 heavy (non-hydrogen) atoms. The normalized spacial score (nSPS) is 14.0. The van der Waals surface area contributed by atoms with Gasteiger partial charge >= 0.3 is 0 Å². The van der Waals surface area contributed by atoms with Crippen LogP contribution in [-0.4, -0.2) is 43.9 Å². The quantitative estimate of drug-likeness (QED) is 0.670. The Kier molecular flexibility index (Phi) is 6.22. The number of nitrogens with zero attached hydrogens (tertiary/aromatic N) is 2. The van der Waals surface area contributed by atoms with Gasteiger partial charge in [0.25, 0.3) is 0 Å². The van der Waals surface area contributed by atoms with E-state index in [-0.39, 0.29) is 5.91 Å². The van der Waals surface area contributed by atoms with E-state index in [4.69, 9.17) is 9.26 Å². The number of morpholine rings is 1. The number of hydrogen-bond acceptors (Lipinski definition) is 5. The van der Waals surface area contributed by atoms with Crippen molar-refractivity contribution in [3.8, 4) is 11.3 Å². The summed E-state index contributed by atoms with van der Waals surface area (Å²) in [7, 11) is 0. The standard InChI is InChI=1S/C23H25N3O3/c27-23(16-18-6-8-21(9-7-18)26-12-14-28-15-13-26)24-11-10-20-17-22(29-25-20)19-4-2-1-3-5-19/h1-9,17H,10-16H2,(H,24,27). The molecule has 1 aliphatic rings. The van der Waals surface area contributed by atoms with Crippen LogP contribution in [0.1, 0.15) is 11.3 Å². The Hall–Kier alpha value is -3.12. The molecule has 0 spiro atoms. The number of carbonyl (C=O) groups is 1. The minimum atomic E-state index is 0.0101. The topological polar surface area (TPSA) is 67.6 Å². The highest BCUT2D eigenvalue weighted by molar-refractivity contribution is 5.78. The van der Waals surface area contributed by atoms with E-state index in [1.54, 1.807) is 0 Å². The Labute approximate surface area is 170 Å². The third-order valence-electron chi connectivity index (χ3n) is 5.00. The van der Waals surface area contributed by atoms with E-state index in [9.17, 15) is 4.79 Å². The van der Waals surface area contributed by atoms with Crippen molar-refractivity contribution in [2.24, 2.45) is 0 Å². The molecular weight excluding hydrogens is 366 g/mol. The van der Waals surface area contributed by atoms with Gasteiger partial charge in [0.1, 0.15) is 0 Å². The molecule has 1 fully saturated rings. The lowest BCUT2D eigenvalue weighted by molar-refractivity contribution is -0.120. The average molecular weight is 391 g/mol. The lowest BCUT2D eigenvalue weighted by Gasteiger charge is -2.28. The molecule has 2 aromatic carbocycles. The molecule has 1 aliphatic heterocycles. The fraction of sp³-hybridized carbons (Fsp3) is 0.304. The summed E-state index contributed by atoms with van der Waals surface area (Å²) in [6.45, 7) is 3.89. The van der Waals surface area contributed by atoms with E-state index in [1.165, 1.54) is 5.69 Å². The van der Waals surface area contributed by atoms with Crippen LogP contribution in [-0.2, 0) is 22.4 Å². The van der Waals surface area contributed by atoms with Gasteiger partial charge in [0, 0.05) is 43.4 Å². The lowest BCUT2D eigenvalue weighted by Crippen LogP contribution is -2.36. The number of aromatic nitrogens is 1. The van der Waals surface area contributed by atoms with E-state index < -0.39 is 0 Å². The number of anilines is 1. The number of ether oxygens (including phenoxy) is 1. The smallest absolute Gasteiger partial charge is 0.224 e. The molecule has 0 unspecified atom stereocenters. The summed E-state index contributed by atoms with van der Waals surface area (Å²) in [4.78, 5) is 14.5. The van der Waals surface area contributed by atoms with Gasteiger partial charge in [0.05, 0.1) is 25.3 Å². The second-order valence-corrected chi connectivity index (χ2v) is 7.09. The molecular formula is C23H25N3O3. The predicted octanol–water partition coefficient (Wildman–Crippen LogP) is 3.08. The second kappa shape index (κ2) is 9.39. The zero-order chi connectivity index (χ0) is 19.9. The van der Waals surface area contributed by atoms with Gasteiger partial charge in [-0.2, -0.15) is 0 Å². The summed E-state index contributed by atoms with van der Waals surface area (Å²) in [5.74, 6) is 0.753. The molecule has 1 amide bonds. The summed E-state index contributed by atoms with van der Waals surface area (Å²) in [5.41, 5.74) is 4.01. The van der Waals surface area contributed by atoms with Crippen molar-refractivity contribution in [2.45, 2.75) is 12.8 Å². The highest BCUT2D eigenvalue weighted by Crippen LogP contribution is 2.20. The minimum absolute atomic E-state index is 0.0101. The van der Waals surface area contributed by atoms with Crippen molar-refractivity contribution in [1.82, 2.24) is 10.5 Å². The van der Waals surface area contributed by atoms with Crippen molar-refractivity contribution in [3.63, 3.8) is 0 Å². The zero-order valence-electron chi connectivity index (χ0n) is 16.3. The van der Waals surface area contributed by atoms with Gasteiger partial charge in [-0.25, -0.2) is 0 Å². The predicted molar refractivity (Wildman–Crippen MR) is 112 cm³/mol. The molecule has 0 bridgehead atoms. The van der Waals surface area contributed by atoms with Gasteiger partial charge < -0.3 is 19.5 Å². The fourth-order valence-electron chi connectivity index (χ4n) is 3.39. The maximum absolute atomic E-state index is 12.2. The minimum Gasteiger partial charge on any atom is -0.378 e. The second-order valence-electron chi connectivity index (χ2n) is 7.09. The number of hydrogen-bond donors (Lipinski definition) is 1. The largest absolute Gasteiger partial charge is 0.378 e. The summed E-state index contributed by atoms with van der Waals surface area (Å²) in [5, 5.41) is 7.05. The van der Waals surface area contributed by atoms with Gasteiger partial charge in [-0.1, -0.05) is 47.6 Å². The van der Waals surface area contributed by atoms with Crippen LogP contribution in [0.4, 0.5) is 5.69 Å². The summed E-state index contributed by atoms with van der Waals surface area (Å²) < 4.78 is 10.8. The summed E-state index contributed by atoms with van der Waals surface area (Å²) in [6, 6.07) is 20.0. The van der Waals surface area contributed by atoms with Crippen LogP contribution < -0.4 is 10.2 Å². The Bertz CT molecular complexity index is 916. The first-order chi connectivity index (χ1) is 14.3. The van der Waals surface area contributed by atoms with Crippen molar-refractivity contribution < 1.29 is 14.1 Å². The number of benzene rings is 2. The van der Waals surface area contributed by atoms with Crippen LogP contribution in [0.2, 0.25) is 0 Å². The van der Waals surface area contributed by atoms with E-state index in [1.807, 2.05) is 48.5 Å². The van der Waals surface area contributed by atoms with Crippen LogP contribution in [0, 0.1) is 0 Å². The molecule has 1 N–H and O–H groups in total. The molecule has 6 nitrogen and oxygen atoms in total. The first-order valence-corrected chi connectivity index (χ1v) is 9.97. The SMILES string of the molecule is O=C(Cc1ccc(N2CCOCC2)cc1)NCCc1cc(-c2ccccc2)on1. The molecule has 0 saturated carbocycles. The van der Waals surface area contributed by atoms with E-state index >= 15 is 0 Å². The van der Waals surface area contributed by atoms with Gasteiger partial charge in [-0.05, 0) is 17.7 Å². The maximum Gasteiger partial charge on any atom is 0.224 e. The van der Waals surface area contributed by atoms with Gasteiger partial charge in [-0.3, -0.25) is 4.79 Å². The zero-order valence-corrected chi connectivity index (χ0v) is 16.3. The van der Waals surface area contributed by atoms with Gasteiger partial charge in [0.2, 0.25) is 5.91 Å². The van der Waals surface area contributed by atoms with E-state index in [0.717, 1.165) is 48.9 Å². The molecule has 1 aromatic heterocycles. The molecule has 0 radical (unpaired) electrons. The molecule has 1 saturated heterocycles. The highest BCUT2D eigenvalue weighted by Gasteiger charge is 2.12. The Balaban J connectivity index is 1.22. The Morgan fingerprint density at radius 1 is 1.03 bits per heavy atom. The first kappa shape index (κ1) is 19.2. The Morgan fingerprint density at radius 2 is 1.79 bits per heavy atom. The number of amides is 1. The fourth-order valence-corrected chi connectivity index (χ4v) is 3.39. The third-order valence-corrected chi connectivity index (χ3v) is 5.00. The van der Waals surface area contributed by atoms with E-state index in [2.05, 4.69) is 27.5 Å². The molecule has 0 atom stereocenters. The average Bonchev–Trinajstić information content (AvgIpc) is 3.24. The highest BCUT2D eigenvalue weighted by atomic mass is 16.5. The number of rotatable bonds is 7. The number of carbonyl (C=O) groups excluding carboxylic acids is 1. The van der Waals surface area contributed by atoms with Crippen molar-refractivity contribution in [1.29, 1.82) is 0 Å². The first-order valence-electron chi connectivity index (χ1n) is 9.97. The summed E-state index contributed by atoms with van der Waals surface area (Å²) in [6.07, 6.45) is 1.01. The van der Waals surface area contributed by atoms with Crippen LogP contribution in [0.5, 0.6) is 0 Å². The summed E-state index contributed by atoms with van der Waals surface area (Å²) >= 11 is 0. The van der Waals surface area contributed by atoms with Gasteiger partial charge in [-0.15, -0.1) is 0 Å². The molecule has 4 rings (SSSR count). The lowest BCUT2D eigenvalue weighted by atomic mass is 10.1. The van der Waals surface area contributed by atoms with Crippen molar-refractivity contribution >= 4 is 11.6 Å². The Morgan fingerprint density at radius 3 is 2.55 bits per heavy atom. The molecule has 6 heteroatoms. The van der Waals surface area contributed by atoms with Crippen LogP contribution in [0.3, 0.4) is 0 Å². The van der Waals surface area contributed by atoms with Crippen molar-refractivity contribution in [3.05, 3.63) is 71.9 Å². The molecule has 150 valence electrons. The maximum atomic E-state index is 12.2. The molecule has 0 aliphatic carbocycles. The monoisotopic (exact) mass is 391 g/mol. The van der Waals surface area contributed by atoms with Crippen LogP contribution >= 0.6 is 0 Å². The third kappa shape index (κ3) is 5.23. The van der Waals surface area contributed by atoms with E-state index in [0.29, 0.717) is 19.4 Å². The molecule has 3 aromatic rings. The molecule has 2 heterocycles. The van der Waals surface area contributed by atoms with Crippen molar-refractivity contribution in [2.75, 3.05) is 37.7 Å². The van der Waals surface area contributed by atoms with Crippen LogP contribution in [0.15, 0.2) is 65.2 Å². The van der Waals surface area contributed by atoms with Gasteiger partial charge in [0.15, 0.2) is 5.76 Å². The number of nitrogens with one attached hydrogen (secondary N) is 1.